The standard InChI is InChI=1S/C21H21F3N4OS/c1-12-6-3-4-9-28(12)18-16-13(2)17(30-20(16)26-11-25-18)19(29)27-15-8-5-7-14(10-15)21(22,23)24/h5,7-8,10-12H,3-4,6,9H2,1-2H3,(H,27,29)/t12-/m0/s1. The molecule has 0 aliphatic carbocycles. The number of piperidine rings is 1. The predicted octanol–water partition coefficient (Wildman–Crippen LogP) is 5.65. The van der Waals surface area contributed by atoms with E-state index >= 15 is 0 Å². The number of anilines is 2. The maximum absolute atomic E-state index is 13.0. The lowest BCUT2D eigenvalue weighted by Gasteiger charge is -2.34. The summed E-state index contributed by atoms with van der Waals surface area (Å²) in [6.07, 6.45) is 0.381. The fourth-order valence-electron chi connectivity index (χ4n) is 3.86. The molecule has 1 saturated heterocycles. The van der Waals surface area contributed by atoms with Crippen LogP contribution in [0, 0.1) is 6.92 Å². The maximum atomic E-state index is 13.0. The third-order valence-electron chi connectivity index (χ3n) is 5.44. The van der Waals surface area contributed by atoms with E-state index in [1.165, 1.54) is 36.2 Å². The second-order valence-corrected chi connectivity index (χ2v) is 8.50. The van der Waals surface area contributed by atoms with Crippen molar-refractivity contribution in [2.75, 3.05) is 16.8 Å². The quantitative estimate of drug-likeness (QED) is 0.579. The highest BCUT2D eigenvalue weighted by Gasteiger charge is 2.31. The molecular weight excluding hydrogens is 413 g/mol. The van der Waals surface area contributed by atoms with E-state index in [1.807, 2.05) is 6.92 Å². The lowest BCUT2D eigenvalue weighted by molar-refractivity contribution is -0.137. The zero-order valence-electron chi connectivity index (χ0n) is 16.6. The smallest absolute Gasteiger partial charge is 0.353 e. The number of halogens is 3. The maximum Gasteiger partial charge on any atom is 0.416 e. The van der Waals surface area contributed by atoms with Gasteiger partial charge >= 0.3 is 6.18 Å². The molecular formula is C21H21F3N4OS. The molecule has 3 heterocycles. The van der Waals surface area contributed by atoms with Gasteiger partial charge in [-0.2, -0.15) is 13.2 Å². The Hall–Kier alpha value is -2.68. The number of nitrogens with one attached hydrogen (secondary N) is 1. The van der Waals surface area contributed by atoms with E-state index in [0.29, 0.717) is 15.7 Å². The minimum absolute atomic E-state index is 0.0997. The normalized spacial score (nSPS) is 17.4. The largest absolute Gasteiger partial charge is 0.416 e. The Labute approximate surface area is 175 Å². The predicted molar refractivity (Wildman–Crippen MR) is 112 cm³/mol. The van der Waals surface area contributed by atoms with Crippen LogP contribution >= 0.6 is 11.3 Å². The van der Waals surface area contributed by atoms with Crippen LogP contribution in [-0.2, 0) is 6.18 Å². The van der Waals surface area contributed by atoms with Gasteiger partial charge in [0.1, 0.15) is 17.0 Å². The zero-order chi connectivity index (χ0) is 21.5. The summed E-state index contributed by atoms with van der Waals surface area (Å²) in [7, 11) is 0. The first-order chi connectivity index (χ1) is 14.3. The number of fused-ring (bicyclic) bond motifs is 1. The van der Waals surface area contributed by atoms with Crippen molar-refractivity contribution in [1.29, 1.82) is 0 Å². The van der Waals surface area contributed by atoms with Crippen molar-refractivity contribution < 1.29 is 18.0 Å². The molecule has 0 bridgehead atoms. The lowest BCUT2D eigenvalue weighted by Crippen LogP contribution is -2.38. The number of carbonyl (C=O) groups excluding carboxylic acids is 1. The van der Waals surface area contributed by atoms with Crippen molar-refractivity contribution in [1.82, 2.24) is 9.97 Å². The number of thiophene rings is 1. The first-order valence-corrected chi connectivity index (χ1v) is 10.6. The molecule has 3 aromatic rings. The Morgan fingerprint density at radius 3 is 2.80 bits per heavy atom. The minimum Gasteiger partial charge on any atom is -0.353 e. The Bertz CT molecular complexity index is 1100. The third kappa shape index (κ3) is 3.86. The van der Waals surface area contributed by atoms with Crippen LogP contribution in [0.4, 0.5) is 24.7 Å². The van der Waals surface area contributed by atoms with E-state index in [2.05, 4.69) is 27.1 Å². The number of alkyl halides is 3. The number of hydrogen-bond donors (Lipinski definition) is 1. The van der Waals surface area contributed by atoms with Crippen molar-refractivity contribution in [3.05, 3.63) is 46.6 Å². The highest BCUT2D eigenvalue weighted by Crippen LogP contribution is 2.37. The summed E-state index contributed by atoms with van der Waals surface area (Å²) in [5.41, 5.74) is 0.0380. The van der Waals surface area contributed by atoms with Crippen LogP contribution in [0.1, 0.15) is 47.0 Å². The number of aryl methyl sites for hydroxylation is 1. The number of rotatable bonds is 3. The molecule has 0 spiro atoms. The zero-order valence-corrected chi connectivity index (χ0v) is 17.4. The first-order valence-electron chi connectivity index (χ1n) is 9.75. The van der Waals surface area contributed by atoms with Crippen molar-refractivity contribution in [3.8, 4) is 0 Å². The molecule has 1 aliphatic rings. The number of nitrogens with zero attached hydrogens (tertiary/aromatic N) is 3. The van der Waals surface area contributed by atoms with Gasteiger partial charge in [0.25, 0.3) is 5.91 Å². The summed E-state index contributed by atoms with van der Waals surface area (Å²) in [6.45, 7) is 4.89. The second kappa shape index (κ2) is 7.86. The van der Waals surface area contributed by atoms with E-state index in [-0.39, 0.29) is 5.69 Å². The molecule has 1 amide bonds. The molecule has 0 radical (unpaired) electrons. The fourth-order valence-corrected chi connectivity index (χ4v) is 4.90. The van der Waals surface area contributed by atoms with Gasteiger partial charge < -0.3 is 10.2 Å². The first kappa shape index (κ1) is 20.6. The Balaban J connectivity index is 1.68. The molecule has 0 saturated carbocycles. The molecule has 2 aromatic heterocycles. The van der Waals surface area contributed by atoms with Crippen LogP contribution in [-0.4, -0.2) is 28.5 Å². The van der Waals surface area contributed by atoms with E-state index < -0.39 is 17.6 Å². The Morgan fingerprint density at radius 2 is 2.07 bits per heavy atom. The highest BCUT2D eigenvalue weighted by molar-refractivity contribution is 7.20. The van der Waals surface area contributed by atoms with Gasteiger partial charge in [0.15, 0.2) is 0 Å². The molecule has 1 N–H and O–H groups in total. The number of amides is 1. The highest BCUT2D eigenvalue weighted by atomic mass is 32.1. The van der Waals surface area contributed by atoms with Crippen molar-refractivity contribution in [2.45, 2.75) is 45.3 Å². The van der Waals surface area contributed by atoms with E-state index in [0.717, 1.165) is 48.3 Å². The van der Waals surface area contributed by atoms with E-state index in [9.17, 15) is 18.0 Å². The van der Waals surface area contributed by atoms with Crippen LogP contribution in [0.5, 0.6) is 0 Å². The number of benzene rings is 1. The third-order valence-corrected chi connectivity index (χ3v) is 6.63. The van der Waals surface area contributed by atoms with Gasteiger partial charge in [-0.1, -0.05) is 6.07 Å². The van der Waals surface area contributed by atoms with Crippen LogP contribution in [0.25, 0.3) is 10.2 Å². The Kier molecular flexibility index (Phi) is 5.40. The average Bonchev–Trinajstić information content (AvgIpc) is 3.05. The van der Waals surface area contributed by atoms with Gasteiger partial charge in [0, 0.05) is 18.3 Å². The van der Waals surface area contributed by atoms with Gasteiger partial charge in [0.2, 0.25) is 0 Å². The van der Waals surface area contributed by atoms with Crippen LogP contribution < -0.4 is 10.2 Å². The van der Waals surface area contributed by atoms with Crippen LogP contribution in [0.3, 0.4) is 0 Å². The molecule has 4 rings (SSSR count). The summed E-state index contributed by atoms with van der Waals surface area (Å²) in [5, 5.41) is 3.43. The molecule has 1 aromatic carbocycles. The fraction of sp³-hybridized carbons (Fsp3) is 0.381. The summed E-state index contributed by atoms with van der Waals surface area (Å²) < 4.78 is 38.9. The van der Waals surface area contributed by atoms with Crippen molar-refractivity contribution in [2.24, 2.45) is 0 Å². The summed E-state index contributed by atoms with van der Waals surface area (Å²) in [5.74, 6) is 0.367. The Morgan fingerprint density at radius 1 is 1.27 bits per heavy atom. The van der Waals surface area contributed by atoms with Gasteiger partial charge in [-0.3, -0.25) is 4.79 Å². The number of carbonyl (C=O) groups is 1. The molecule has 1 fully saturated rings. The monoisotopic (exact) mass is 434 g/mol. The molecule has 158 valence electrons. The topological polar surface area (TPSA) is 58.1 Å². The van der Waals surface area contributed by atoms with Gasteiger partial charge in [-0.05, 0) is 56.9 Å². The summed E-state index contributed by atoms with van der Waals surface area (Å²) >= 11 is 1.23. The minimum atomic E-state index is -4.47. The van der Waals surface area contributed by atoms with Gasteiger partial charge in [0.05, 0.1) is 15.8 Å². The van der Waals surface area contributed by atoms with Crippen molar-refractivity contribution in [3.63, 3.8) is 0 Å². The van der Waals surface area contributed by atoms with Crippen molar-refractivity contribution >= 4 is 39.0 Å². The molecule has 1 atom stereocenters. The second-order valence-electron chi connectivity index (χ2n) is 7.50. The van der Waals surface area contributed by atoms with Gasteiger partial charge in [-0.15, -0.1) is 11.3 Å². The molecule has 1 aliphatic heterocycles. The number of hydrogen-bond acceptors (Lipinski definition) is 5. The number of aromatic nitrogens is 2. The van der Waals surface area contributed by atoms with E-state index in [4.69, 9.17) is 0 Å². The molecule has 0 unspecified atom stereocenters. The summed E-state index contributed by atoms with van der Waals surface area (Å²) in [6, 6.07) is 4.97. The lowest BCUT2D eigenvalue weighted by atomic mass is 10.0. The summed E-state index contributed by atoms with van der Waals surface area (Å²) in [4.78, 5) is 25.1. The average molecular weight is 434 g/mol. The van der Waals surface area contributed by atoms with E-state index in [1.54, 1.807) is 0 Å². The SMILES string of the molecule is Cc1c(C(=O)Nc2cccc(C(F)(F)F)c2)sc2ncnc(N3CCCC[C@@H]3C)c12. The molecule has 30 heavy (non-hydrogen) atoms. The molecule has 5 nitrogen and oxygen atoms in total. The molecule has 9 heteroatoms. The van der Waals surface area contributed by atoms with Crippen LogP contribution in [0.2, 0.25) is 0 Å². The van der Waals surface area contributed by atoms with Gasteiger partial charge in [-0.25, -0.2) is 9.97 Å². The van der Waals surface area contributed by atoms with Crippen LogP contribution in [0.15, 0.2) is 30.6 Å².